The molecule has 0 saturated heterocycles. The van der Waals surface area contributed by atoms with E-state index < -0.39 is 12.0 Å². The average Bonchev–Trinajstić information content (AvgIpc) is 3.68. The fourth-order valence-electron chi connectivity index (χ4n) is 6.66. The molecule has 3 heterocycles. The van der Waals surface area contributed by atoms with Gasteiger partial charge in [-0.25, -0.2) is 9.79 Å². The van der Waals surface area contributed by atoms with Crippen molar-refractivity contribution in [3.8, 4) is 39.7 Å². The number of allylic oxidation sites excluding steroid dienone is 1. The molecule has 0 aliphatic carbocycles. The third kappa shape index (κ3) is 6.98. The van der Waals surface area contributed by atoms with E-state index in [1.54, 1.807) is 31.6 Å². The van der Waals surface area contributed by atoms with Crippen LogP contribution in [-0.4, -0.2) is 34.9 Å². The number of benzene rings is 4. The molecule has 8 nitrogen and oxygen atoms in total. The Morgan fingerprint density at radius 1 is 0.925 bits per heavy atom. The van der Waals surface area contributed by atoms with Gasteiger partial charge in [-0.1, -0.05) is 89.7 Å². The van der Waals surface area contributed by atoms with Crippen LogP contribution in [-0.2, 0) is 9.53 Å². The fourth-order valence-corrected chi connectivity index (χ4v) is 7.83. The minimum absolute atomic E-state index is 0.0811. The van der Waals surface area contributed by atoms with E-state index in [2.05, 4.69) is 34.9 Å². The molecule has 0 unspecified atom stereocenters. The summed E-state index contributed by atoms with van der Waals surface area (Å²) >= 11 is 7.62. The largest absolute Gasteiger partial charge is 0.493 e. The maximum absolute atomic E-state index is 14.7. The predicted octanol–water partition coefficient (Wildman–Crippen LogP) is 8.37. The molecule has 6 aromatic rings. The summed E-state index contributed by atoms with van der Waals surface area (Å²) < 4.78 is 21.5. The molecule has 2 aromatic heterocycles. The Hall–Kier alpha value is -5.64. The van der Waals surface area contributed by atoms with Crippen LogP contribution in [0.5, 0.6) is 11.5 Å². The summed E-state index contributed by atoms with van der Waals surface area (Å²) in [5, 5.41) is 0.636. The number of thiazole rings is 1. The molecule has 1 aliphatic rings. The molecule has 0 spiro atoms. The number of carbonyl (C=O) groups is 1. The lowest BCUT2D eigenvalue weighted by Gasteiger charge is -2.25. The van der Waals surface area contributed by atoms with Crippen molar-refractivity contribution in [3.05, 3.63) is 156 Å². The van der Waals surface area contributed by atoms with Crippen LogP contribution in [0.1, 0.15) is 44.9 Å². The molecule has 0 bridgehead atoms. The van der Waals surface area contributed by atoms with Crippen LogP contribution in [0.15, 0.2) is 130 Å². The molecule has 53 heavy (non-hydrogen) atoms. The minimum atomic E-state index is -0.818. The van der Waals surface area contributed by atoms with E-state index in [-0.39, 0.29) is 23.8 Å². The normalized spacial score (nSPS) is 14.2. The quantitative estimate of drug-likeness (QED) is 0.132. The van der Waals surface area contributed by atoms with Crippen LogP contribution in [0.4, 0.5) is 0 Å². The van der Waals surface area contributed by atoms with Gasteiger partial charge in [0.1, 0.15) is 0 Å². The summed E-state index contributed by atoms with van der Waals surface area (Å²) in [6.45, 7) is 7.57. The minimum Gasteiger partial charge on any atom is -0.493 e. The Kier molecular flexibility index (Phi) is 10.2. The van der Waals surface area contributed by atoms with E-state index in [1.807, 2.05) is 92.7 Å². The van der Waals surface area contributed by atoms with Crippen LogP contribution in [0.2, 0.25) is 5.02 Å². The van der Waals surface area contributed by atoms with Crippen LogP contribution in [0.3, 0.4) is 0 Å². The van der Waals surface area contributed by atoms with E-state index >= 15 is 0 Å². The molecule has 10 heteroatoms. The molecule has 7 rings (SSSR count). The number of hydrogen-bond acceptors (Lipinski definition) is 7. The molecule has 0 amide bonds. The van der Waals surface area contributed by atoms with Crippen molar-refractivity contribution in [1.29, 1.82) is 0 Å². The van der Waals surface area contributed by atoms with Crippen LogP contribution in [0, 0.1) is 0 Å². The van der Waals surface area contributed by atoms with E-state index in [0.29, 0.717) is 37.1 Å². The Labute approximate surface area is 316 Å². The van der Waals surface area contributed by atoms with Crippen molar-refractivity contribution >= 4 is 35.0 Å². The molecule has 0 N–H and O–H groups in total. The number of carbonyl (C=O) groups excluding carboxylic acids is 1. The van der Waals surface area contributed by atoms with Gasteiger partial charge in [0, 0.05) is 16.3 Å². The number of aromatic nitrogens is 2. The Balaban J connectivity index is 1.49. The first-order valence-corrected chi connectivity index (χ1v) is 18.5. The SMILES string of the molecule is CCOC(=O)C1=C(C)N=c2s/c(=C/c3cc(-c4ccccc4)n(-c4ccc(Cl)cc4)c3-c3ccccc3)c(=O)n2[C@@H]1c1ccc(OC(C)C)c(OC)c1. The number of halogens is 1. The van der Waals surface area contributed by atoms with Crippen LogP contribution < -0.4 is 24.4 Å². The molecular formula is C43H38ClN3O5S. The van der Waals surface area contributed by atoms with Gasteiger partial charge in [0.05, 0.1) is 53.1 Å². The maximum atomic E-state index is 14.7. The highest BCUT2D eigenvalue weighted by Gasteiger charge is 2.34. The second-order valence-electron chi connectivity index (χ2n) is 12.8. The van der Waals surface area contributed by atoms with Crippen molar-refractivity contribution in [3.63, 3.8) is 0 Å². The van der Waals surface area contributed by atoms with E-state index in [9.17, 15) is 9.59 Å². The van der Waals surface area contributed by atoms with Gasteiger partial charge in [-0.15, -0.1) is 0 Å². The number of ether oxygens (including phenoxy) is 3. The molecule has 1 aliphatic heterocycles. The highest BCUT2D eigenvalue weighted by atomic mass is 35.5. The predicted molar refractivity (Wildman–Crippen MR) is 211 cm³/mol. The van der Waals surface area contributed by atoms with Gasteiger partial charge >= 0.3 is 5.97 Å². The van der Waals surface area contributed by atoms with Gasteiger partial charge in [-0.05, 0) is 92.9 Å². The smallest absolute Gasteiger partial charge is 0.338 e. The van der Waals surface area contributed by atoms with Crippen molar-refractivity contribution in [2.24, 2.45) is 4.99 Å². The van der Waals surface area contributed by atoms with Crippen molar-refractivity contribution < 1.29 is 19.0 Å². The van der Waals surface area contributed by atoms with Crippen LogP contribution >= 0.6 is 22.9 Å². The lowest BCUT2D eigenvalue weighted by atomic mass is 9.95. The Bertz CT molecular complexity index is 2520. The molecule has 1 atom stereocenters. The summed E-state index contributed by atoms with van der Waals surface area (Å²) in [5.41, 5.74) is 6.73. The number of hydrogen-bond donors (Lipinski definition) is 0. The third-order valence-corrected chi connectivity index (χ3v) is 10.1. The van der Waals surface area contributed by atoms with E-state index in [1.165, 1.54) is 11.3 Å². The number of nitrogens with zero attached hydrogens (tertiary/aromatic N) is 3. The second-order valence-corrected chi connectivity index (χ2v) is 14.2. The molecule has 4 aromatic carbocycles. The average molecular weight is 744 g/mol. The zero-order valence-corrected chi connectivity index (χ0v) is 31.6. The Morgan fingerprint density at radius 2 is 1.60 bits per heavy atom. The first kappa shape index (κ1) is 35.7. The number of rotatable bonds is 10. The van der Waals surface area contributed by atoms with Gasteiger partial charge in [0.15, 0.2) is 16.3 Å². The van der Waals surface area contributed by atoms with Crippen molar-refractivity contribution in [1.82, 2.24) is 9.13 Å². The molecule has 0 saturated carbocycles. The zero-order valence-electron chi connectivity index (χ0n) is 30.0. The number of methoxy groups -OCH3 is 1. The van der Waals surface area contributed by atoms with Gasteiger partial charge in [-0.2, -0.15) is 0 Å². The molecule has 268 valence electrons. The van der Waals surface area contributed by atoms with Crippen molar-refractivity contribution in [2.75, 3.05) is 13.7 Å². The summed E-state index contributed by atoms with van der Waals surface area (Å²) in [5.74, 6) is 0.513. The zero-order chi connectivity index (χ0) is 37.2. The number of fused-ring (bicyclic) bond motifs is 1. The van der Waals surface area contributed by atoms with Gasteiger partial charge in [0.25, 0.3) is 5.56 Å². The number of esters is 1. The highest BCUT2D eigenvalue weighted by Crippen LogP contribution is 2.38. The van der Waals surface area contributed by atoms with Crippen molar-refractivity contribution in [2.45, 2.75) is 39.8 Å². The first-order chi connectivity index (χ1) is 25.7. The lowest BCUT2D eigenvalue weighted by molar-refractivity contribution is -0.139. The lowest BCUT2D eigenvalue weighted by Crippen LogP contribution is -2.40. The highest BCUT2D eigenvalue weighted by molar-refractivity contribution is 7.07. The fraction of sp³-hybridized carbons (Fsp3) is 0.186. The van der Waals surface area contributed by atoms with Gasteiger partial charge in [-0.3, -0.25) is 9.36 Å². The summed E-state index contributed by atoms with van der Waals surface area (Å²) in [6.07, 6.45) is 1.84. The maximum Gasteiger partial charge on any atom is 0.338 e. The topological polar surface area (TPSA) is 84.1 Å². The third-order valence-electron chi connectivity index (χ3n) is 8.90. The Morgan fingerprint density at radius 3 is 2.25 bits per heavy atom. The first-order valence-electron chi connectivity index (χ1n) is 17.3. The van der Waals surface area contributed by atoms with Gasteiger partial charge < -0.3 is 18.8 Å². The summed E-state index contributed by atoms with van der Waals surface area (Å²) in [7, 11) is 1.56. The monoisotopic (exact) mass is 743 g/mol. The molecule has 0 fully saturated rings. The molecule has 0 radical (unpaired) electrons. The van der Waals surface area contributed by atoms with Crippen LogP contribution in [0.25, 0.3) is 34.3 Å². The standard InChI is InChI=1S/C43H38ClN3O5S/c1-6-51-42(49)38-27(4)45-43-47(40(38)30-17-22-35(52-26(2)3)36(24-30)50-5)41(48)37(53-43)25-31-23-34(28-13-9-7-10-14-28)46(33-20-18-32(44)19-21-33)39(31)29-15-11-8-12-16-29/h7-26,40H,6H2,1-5H3/b37-25+/t40-/m1/s1. The van der Waals surface area contributed by atoms with E-state index in [0.717, 1.165) is 33.8 Å². The van der Waals surface area contributed by atoms with E-state index in [4.69, 9.17) is 30.8 Å². The van der Waals surface area contributed by atoms with Gasteiger partial charge in [0.2, 0.25) is 0 Å². The molecular weight excluding hydrogens is 706 g/mol. The summed E-state index contributed by atoms with van der Waals surface area (Å²) in [4.78, 5) is 33.6. The second kappa shape index (κ2) is 15.1. The summed E-state index contributed by atoms with van der Waals surface area (Å²) in [6, 6.07) is 34.7.